The van der Waals surface area contributed by atoms with Gasteiger partial charge in [0.1, 0.15) is 11.4 Å². The van der Waals surface area contributed by atoms with Crippen molar-refractivity contribution >= 4 is 11.9 Å². The molecule has 0 aliphatic carbocycles. The Kier molecular flexibility index (Phi) is 7.27. The van der Waals surface area contributed by atoms with Gasteiger partial charge in [0.2, 0.25) is 0 Å². The number of Topliss-reactive ketones (excluding diaryl/α,β-unsaturated/α-hetero) is 1. The minimum Gasteiger partial charge on any atom is -0.444 e. The summed E-state index contributed by atoms with van der Waals surface area (Å²) in [7, 11) is 0. The first kappa shape index (κ1) is 19.2. The number of carbonyl (C=O) groups is 2. The minimum atomic E-state index is -0.569. The number of ether oxygens (including phenoxy) is 1. The van der Waals surface area contributed by atoms with Gasteiger partial charge in [-0.1, -0.05) is 50.6 Å². The van der Waals surface area contributed by atoms with Crippen LogP contribution in [0.1, 0.15) is 65.5 Å². The minimum absolute atomic E-state index is 0.164. The van der Waals surface area contributed by atoms with Crippen molar-refractivity contribution in [3.63, 3.8) is 0 Å². The quantitative estimate of drug-likeness (QED) is 0.796. The summed E-state index contributed by atoms with van der Waals surface area (Å²) in [6.45, 7) is 9.39. The molecule has 0 spiro atoms. The highest BCUT2D eigenvalue weighted by Gasteiger charge is 2.28. The topological polar surface area (TPSA) is 55.4 Å². The second kappa shape index (κ2) is 8.70. The van der Waals surface area contributed by atoms with Crippen LogP contribution in [0.5, 0.6) is 0 Å². The maximum Gasteiger partial charge on any atom is 0.408 e. The molecule has 1 amide bonds. The van der Waals surface area contributed by atoms with Gasteiger partial charge in [-0.3, -0.25) is 4.79 Å². The Balaban J connectivity index is 2.90. The average molecular weight is 319 g/mol. The number of amides is 1. The maximum absolute atomic E-state index is 12.4. The van der Waals surface area contributed by atoms with Crippen LogP contribution in [0.25, 0.3) is 0 Å². The van der Waals surface area contributed by atoms with Crippen molar-refractivity contribution in [1.29, 1.82) is 0 Å². The van der Waals surface area contributed by atoms with Crippen molar-refractivity contribution < 1.29 is 14.3 Å². The lowest BCUT2D eigenvalue weighted by molar-refractivity contribution is -0.123. The predicted octanol–water partition coefficient (Wildman–Crippen LogP) is 4.65. The van der Waals surface area contributed by atoms with Gasteiger partial charge < -0.3 is 10.1 Å². The van der Waals surface area contributed by atoms with Gasteiger partial charge in [0.15, 0.2) is 0 Å². The smallest absolute Gasteiger partial charge is 0.408 e. The first-order chi connectivity index (χ1) is 10.7. The fourth-order valence-electron chi connectivity index (χ4n) is 2.36. The van der Waals surface area contributed by atoms with Gasteiger partial charge in [-0.2, -0.15) is 0 Å². The highest BCUT2D eigenvalue weighted by Crippen LogP contribution is 2.25. The molecule has 0 radical (unpaired) electrons. The lowest BCUT2D eigenvalue weighted by Crippen LogP contribution is -2.39. The Bertz CT molecular complexity index is 505. The molecule has 1 rings (SSSR count). The van der Waals surface area contributed by atoms with E-state index in [4.69, 9.17) is 4.74 Å². The van der Waals surface area contributed by atoms with Crippen molar-refractivity contribution in [2.24, 2.45) is 5.92 Å². The number of benzene rings is 1. The number of hydrogen-bond donors (Lipinski definition) is 1. The molecule has 1 aromatic carbocycles. The van der Waals surface area contributed by atoms with Crippen molar-refractivity contribution in [3.05, 3.63) is 35.9 Å². The van der Waals surface area contributed by atoms with E-state index in [0.29, 0.717) is 6.42 Å². The van der Waals surface area contributed by atoms with Gasteiger partial charge in [0.25, 0.3) is 0 Å². The lowest BCUT2D eigenvalue weighted by atomic mass is 9.89. The van der Waals surface area contributed by atoms with E-state index in [1.54, 1.807) is 0 Å². The SMILES string of the molecule is CCCCC(=O)C(C)C(NC(=O)OC(C)(C)C)c1ccccc1. The molecule has 2 atom stereocenters. The molecule has 0 aliphatic rings. The Labute approximate surface area is 139 Å². The third kappa shape index (κ3) is 6.85. The zero-order chi connectivity index (χ0) is 17.5. The fraction of sp³-hybridized carbons (Fsp3) is 0.579. The Morgan fingerprint density at radius 3 is 2.30 bits per heavy atom. The molecule has 0 aromatic heterocycles. The summed E-state index contributed by atoms with van der Waals surface area (Å²) in [6.07, 6.45) is 1.89. The zero-order valence-corrected chi connectivity index (χ0v) is 14.9. The number of ketones is 1. The Hall–Kier alpha value is -1.84. The van der Waals surface area contributed by atoms with Gasteiger partial charge in [-0.05, 0) is 32.8 Å². The number of rotatable bonds is 7. The van der Waals surface area contributed by atoms with Crippen molar-refractivity contribution in [3.8, 4) is 0 Å². The van der Waals surface area contributed by atoms with Gasteiger partial charge >= 0.3 is 6.09 Å². The molecule has 23 heavy (non-hydrogen) atoms. The van der Waals surface area contributed by atoms with Crippen LogP contribution in [0.15, 0.2) is 30.3 Å². The number of alkyl carbamates (subject to hydrolysis) is 1. The summed E-state index contributed by atoms with van der Waals surface area (Å²) in [4.78, 5) is 24.5. The first-order valence-electron chi connectivity index (χ1n) is 8.31. The molecule has 0 bridgehead atoms. The van der Waals surface area contributed by atoms with E-state index in [9.17, 15) is 9.59 Å². The number of unbranched alkanes of at least 4 members (excludes halogenated alkanes) is 1. The Morgan fingerprint density at radius 2 is 1.78 bits per heavy atom. The van der Waals surface area contributed by atoms with Crippen molar-refractivity contribution in [1.82, 2.24) is 5.32 Å². The third-order valence-electron chi connectivity index (χ3n) is 3.62. The Morgan fingerprint density at radius 1 is 1.17 bits per heavy atom. The summed E-state index contributed by atoms with van der Waals surface area (Å²) in [5, 5.41) is 2.86. The molecule has 0 aliphatic heterocycles. The van der Waals surface area contributed by atoms with Crippen LogP contribution < -0.4 is 5.32 Å². The van der Waals surface area contributed by atoms with Gasteiger partial charge in [-0.25, -0.2) is 4.79 Å². The molecule has 1 N–H and O–H groups in total. The summed E-state index contributed by atoms with van der Waals surface area (Å²) in [6, 6.07) is 9.19. The van der Waals surface area contributed by atoms with Crippen LogP contribution in [-0.4, -0.2) is 17.5 Å². The van der Waals surface area contributed by atoms with E-state index in [-0.39, 0.29) is 17.7 Å². The van der Waals surface area contributed by atoms with Crippen LogP contribution >= 0.6 is 0 Å². The van der Waals surface area contributed by atoms with Gasteiger partial charge in [0, 0.05) is 12.3 Å². The maximum atomic E-state index is 12.4. The van der Waals surface area contributed by atoms with Crippen LogP contribution in [0.4, 0.5) is 4.79 Å². The van der Waals surface area contributed by atoms with Crippen LogP contribution in [0.3, 0.4) is 0 Å². The van der Waals surface area contributed by atoms with Gasteiger partial charge in [0.05, 0.1) is 6.04 Å². The van der Waals surface area contributed by atoms with Crippen LogP contribution in [0.2, 0.25) is 0 Å². The molecule has 0 saturated heterocycles. The van der Waals surface area contributed by atoms with Crippen molar-refractivity contribution in [2.75, 3.05) is 0 Å². The molecule has 1 aromatic rings. The normalized spacial score (nSPS) is 14.0. The summed E-state index contributed by atoms with van der Waals surface area (Å²) in [5.74, 6) is -0.131. The number of carbonyl (C=O) groups excluding carboxylic acids is 2. The largest absolute Gasteiger partial charge is 0.444 e. The zero-order valence-electron chi connectivity index (χ0n) is 14.9. The summed E-state index contributed by atoms with van der Waals surface area (Å²) in [5.41, 5.74) is 0.344. The molecule has 4 nitrogen and oxygen atoms in total. The van der Waals surface area contributed by atoms with E-state index < -0.39 is 11.7 Å². The van der Waals surface area contributed by atoms with Crippen LogP contribution in [-0.2, 0) is 9.53 Å². The fourth-order valence-corrected chi connectivity index (χ4v) is 2.36. The molecular formula is C19H29NO3. The second-order valence-corrected chi connectivity index (χ2v) is 6.89. The second-order valence-electron chi connectivity index (χ2n) is 6.89. The molecule has 0 heterocycles. The monoisotopic (exact) mass is 319 g/mol. The van der Waals surface area contributed by atoms with E-state index in [1.807, 2.05) is 58.0 Å². The van der Waals surface area contributed by atoms with E-state index in [2.05, 4.69) is 12.2 Å². The average Bonchev–Trinajstić information content (AvgIpc) is 2.48. The molecule has 128 valence electrons. The highest BCUT2D eigenvalue weighted by molar-refractivity contribution is 5.82. The summed E-state index contributed by atoms with van der Waals surface area (Å²) < 4.78 is 5.34. The molecular weight excluding hydrogens is 290 g/mol. The lowest BCUT2D eigenvalue weighted by Gasteiger charge is -2.27. The van der Waals surface area contributed by atoms with Crippen LogP contribution in [0, 0.1) is 5.92 Å². The first-order valence-corrected chi connectivity index (χ1v) is 8.31. The van der Waals surface area contributed by atoms with E-state index >= 15 is 0 Å². The standard InChI is InChI=1S/C19H29NO3/c1-6-7-13-16(21)14(2)17(15-11-9-8-10-12-15)20-18(22)23-19(3,4)5/h8-12,14,17H,6-7,13H2,1-5H3,(H,20,22). The number of hydrogen-bond acceptors (Lipinski definition) is 3. The number of nitrogens with one attached hydrogen (secondary N) is 1. The van der Waals surface area contributed by atoms with Crippen molar-refractivity contribution in [2.45, 2.75) is 65.5 Å². The predicted molar refractivity (Wildman–Crippen MR) is 92.2 cm³/mol. The van der Waals surface area contributed by atoms with E-state index in [1.165, 1.54) is 0 Å². The van der Waals surface area contributed by atoms with E-state index in [0.717, 1.165) is 18.4 Å². The third-order valence-corrected chi connectivity index (χ3v) is 3.62. The molecule has 4 heteroatoms. The van der Waals surface area contributed by atoms with Gasteiger partial charge in [-0.15, -0.1) is 0 Å². The molecule has 0 saturated carbocycles. The highest BCUT2D eigenvalue weighted by atomic mass is 16.6. The molecule has 2 unspecified atom stereocenters. The summed E-state index contributed by atoms with van der Waals surface area (Å²) >= 11 is 0. The molecule has 0 fully saturated rings.